The molecule has 0 saturated heterocycles. The SMILES string of the molecule is CC(=O)Oc1cc2c(cc1OC(C)=O)S(=O)(=O)c1ccccc1-2. The van der Waals surface area contributed by atoms with Crippen molar-refractivity contribution in [3.63, 3.8) is 0 Å². The smallest absolute Gasteiger partial charge is 0.308 e. The lowest BCUT2D eigenvalue weighted by Crippen LogP contribution is -2.08. The fourth-order valence-corrected chi connectivity index (χ4v) is 4.17. The van der Waals surface area contributed by atoms with Crippen LogP contribution in [0.2, 0.25) is 0 Å². The van der Waals surface area contributed by atoms with Gasteiger partial charge in [0.05, 0.1) is 9.79 Å². The summed E-state index contributed by atoms with van der Waals surface area (Å²) in [5, 5.41) is 0. The van der Waals surface area contributed by atoms with Crippen LogP contribution in [0.5, 0.6) is 11.5 Å². The van der Waals surface area contributed by atoms with E-state index >= 15 is 0 Å². The molecule has 2 aromatic carbocycles. The molecule has 3 rings (SSSR count). The second-order valence-electron chi connectivity index (χ2n) is 4.98. The molecule has 0 unspecified atom stereocenters. The van der Waals surface area contributed by atoms with Crippen LogP contribution in [0.4, 0.5) is 0 Å². The summed E-state index contributed by atoms with van der Waals surface area (Å²) in [5.74, 6) is -1.36. The molecule has 6 nitrogen and oxygen atoms in total. The maximum atomic E-state index is 12.6. The molecule has 118 valence electrons. The number of carbonyl (C=O) groups is 2. The molecule has 0 amide bonds. The van der Waals surface area contributed by atoms with Gasteiger partial charge in [0.2, 0.25) is 9.84 Å². The number of carbonyl (C=O) groups excluding carboxylic acids is 2. The zero-order chi connectivity index (χ0) is 16.8. The van der Waals surface area contributed by atoms with Crippen molar-refractivity contribution >= 4 is 21.8 Å². The summed E-state index contributed by atoms with van der Waals surface area (Å²) in [6, 6.07) is 9.13. The van der Waals surface area contributed by atoms with Crippen LogP contribution in [0, 0.1) is 0 Å². The Morgan fingerprint density at radius 1 is 0.826 bits per heavy atom. The summed E-state index contributed by atoms with van der Waals surface area (Å²) in [7, 11) is -3.70. The van der Waals surface area contributed by atoms with Gasteiger partial charge in [0, 0.05) is 31.0 Å². The summed E-state index contributed by atoms with van der Waals surface area (Å²) >= 11 is 0. The van der Waals surface area contributed by atoms with E-state index < -0.39 is 21.8 Å². The molecule has 0 saturated carbocycles. The highest BCUT2D eigenvalue weighted by molar-refractivity contribution is 7.92. The second-order valence-corrected chi connectivity index (χ2v) is 6.87. The van der Waals surface area contributed by atoms with Gasteiger partial charge in [-0.15, -0.1) is 0 Å². The number of ether oxygens (including phenoxy) is 2. The Morgan fingerprint density at radius 2 is 1.39 bits per heavy atom. The Balaban J connectivity index is 2.28. The standard InChI is InChI=1S/C16H12O6S/c1-9(17)21-13-7-12-11-5-3-4-6-15(11)23(19,20)16(12)8-14(13)22-10(2)18/h3-8H,1-2H3. The number of esters is 2. The molecule has 1 heterocycles. The Morgan fingerprint density at radius 3 is 2.00 bits per heavy atom. The topological polar surface area (TPSA) is 86.7 Å². The van der Waals surface area contributed by atoms with Crippen LogP contribution in [0.15, 0.2) is 46.2 Å². The van der Waals surface area contributed by atoms with Crippen molar-refractivity contribution in [3.8, 4) is 22.6 Å². The Labute approximate surface area is 132 Å². The van der Waals surface area contributed by atoms with Gasteiger partial charge in [-0.1, -0.05) is 18.2 Å². The maximum Gasteiger partial charge on any atom is 0.308 e. The van der Waals surface area contributed by atoms with E-state index in [1.165, 1.54) is 32.0 Å². The van der Waals surface area contributed by atoms with Crippen LogP contribution in [-0.4, -0.2) is 20.4 Å². The third-order valence-corrected chi connectivity index (χ3v) is 5.16. The third-order valence-electron chi connectivity index (χ3n) is 3.31. The van der Waals surface area contributed by atoms with Crippen molar-refractivity contribution in [2.45, 2.75) is 23.6 Å². The van der Waals surface area contributed by atoms with Crippen molar-refractivity contribution in [3.05, 3.63) is 36.4 Å². The predicted molar refractivity (Wildman–Crippen MR) is 79.9 cm³/mol. The van der Waals surface area contributed by atoms with Crippen LogP contribution in [0.1, 0.15) is 13.8 Å². The lowest BCUT2D eigenvalue weighted by atomic mass is 10.1. The highest BCUT2D eigenvalue weighted by Gasteiger charge is 2.34. The molecule has 0 aromatic heterocycles. The second kappa shape index (κ2) is 5.20. The zero-order valence-corrected chi connectivity index (χ0v) is 13.1. The number of sulfone groups is 1. The Kier molecular flexibility index (Phi) is 3.45. The molecule has 1 aliphatic rings. The summed E-state index contributed by atoms with van der Waals surface area (Å²) in [6.45, 7) is 2.38. The molecule has 0 atom stereocenters. The summed E-state index contributed by atoms with van der Waals surface area (Å²) in [5.41, 5.74) is 0.929. The van der Waals surface area contributed by atoms with Gasteiger partial charge in [0.15, 0.2) is 11.5 Å². The maximum absolute atomic E-state index is 12.6. The Hall–Kier alpha value is -2.67. The zero-order valence-electron chi connectivity index (χ0n) is 12.3. The van der Waals surface area contributed by atoms with Gasteiger partial charge < -0.3 is 9.47 Å². The normalized spacial score (nSPS) is 13.8. The van der Waals surface area contributed by atoms with Crippen molar-refractivity contribution in [1.82, 2.24) is 0 Å². The predicted octanol–water partition coefficient (Wildman–Crippen LogP) is 2.35. The van der Waals surface area contributed by atoms with E-state index in [-0.39, 0.29) is 21.3 Å². The lowest BCUT2D eigenvalue weighted by molar-refractivity contribution is -0.134. The summed E-state index contributed by atoms with van der Waals surface area (Å²) < 4.78 is 35.2. The molecule has 0 spiro atoms. The number of benzene rings is 2. The monoisotopic (exact) mass is 332 g/mol. The molecule has 7 heteroatoms. The van der Waals surface area contributed by atoms with Crippen LogP contribution in [0.3, 0.4) is 0 Å². The molecular weight excluding hydrogens is 320 g/mol. The highest BCUT2D eigenvalue weighted by atomic mass is 32.2. The van der Waals surface area contributed by atoms with Crippen molar-refractivity contribution in [2.24, 2.45) is 0 Å². The van der Waals surface area contributed by atoms with Crippen molar-refractivity contribution < 1.29 is 27.5 Å². The molecule has 0 N–H and O–H groups in total. The van der Waals surface area contributed by atoms with Crippen molar-refractivity contribution in [2.75, 3.05) is 0 Å². The van der Waals surface area contributed by atoms with Crippen molar-refractivity contribution in [1.29, 1.82) is 0 Å². The highest BCUT2D eigenvalue weighted by Crippen LogP contribution is 2.47. The molecule has 2 aromatic rings. The van der Waals surface area contributed by atoms with E-state index in [4.69, 9.17) is 9.47 Å². The molecule has 0 radical (unpaired) electrons. The van der Waals surface area contributed by atoms with Crippen LogP contribution < -0.4 is 9.47 Å². The first kappa shape index (κ1) is 15.2. The molecular formula is C16H12O6S. The molecule has 0 bridgehead atoms. The minimum Gasteiger partial charge on any atom is -0.423 e. The van der Waals surface area contributed by atoms with Gasteiger partial charge in [-0.3, -0.25) is 9.59 Å². The Bertz CT molecular complexity index is 943. The van der Waals surface area contributed by atoms with Gasteiger partial charge in [0.1, 0.15) is 0 Å². The number of hydrogen-bond donors (Lipinski definition) is 0. The van der Waals surface area contributed by atoms with Gasteiger partial charge in [-0.2, -0.15) is 0 Å². The molecule has 0 aliphatic carbocycles. The molecule has 1 aliphatic heterocycles. The fourth-order valence-electron chi connectivity index (χ4n) is 2.49. The van der Waals surface area contributed by atoms with Crippen LogP contribution >= 0.6 is 0 Å². The van der Waals surface area contributed by atoms with E-state index in [9.17, 15) is 18.0 Å². The number of rotatable bonds is 2. The first-order chi connectivity index (χ1) is 10.8. The number of hydrogen-bond acceptors (Lipinski definition) is 6. The largest absolute Gasteiger partial charge is 0.423 e. The van der Waals surface area contributed by atoms with E-state index in [1.54, 1.807) is 18.2 Å². The van der Waals surface area contributed by atoms with E-state index in [0.29, 0.717) is 11.1 Å². The first-order valence-electron chi connectivity index (χ1n) is 6.70. The summed E-state index contributed by atoms with van der Waals surface area (Å²) in [4.78, 5) is 22.7. The van der Waals surface area contributed by atoms with Crippen LogP contribution in [-0.2, 0) is 19.4 Å². The molecule has 23 heavy (non-hydrogen) atoms. The van der Waals surface area contributed by atoms with E-state index in [2.05, 4.69) is 0 Å². The average Bonchev–Trinajstić information content (AvgIpc) is 2.67. The fraction of sp³-hybridized carbons (Fsp3) is 0.125. The van der Waals surface area contributed by atoms with Gasteiger partial charge >= 0.3 is 11.9 Å². The third kappa shape index (κ3) is 2.49. The van der Waals surface area contributed by atoms with E-state index in [1.807, 2.05) is 0 Å². The van der Waals surface area contributed by atoms with Gasteiger partial charge in [-0.05, 0) is 12.1 Å². The summed E-state index contributed by atoms with van der Waals surface area (Å²) in [6.07, 6.45) is 0. The quantitative estimate of drug-likeness (QED) is 0.529. The number of fused-ring (bicyclic) bond motifs is 3. The lowest BCUT2D eigenvalue weighted by Gasteiger charge is -2.10. The van der Waals surface area contributed by atoms with Gasteiger partial charge in [0.25, 0.3) is 0 Å². The minimum absolute atomic E-state index is 0.00152. The molecule has 0 fully saturated rings. The minimum atomic E-state index is -3.70. The first-order valence-corrected chi connectivity index (χ1v) is 8.18. The average molecular weight is 332 g/mol. The van der Waals surface area contributed by atoms with Crippen LogP contribution in [0.25, 0.3) is 11.1 Å². The van der Waals surface area contributed by atoms with Gasteiger partial charge in [-0.25, -0.2) is 8.42 Å². The van der Waals surface area contributed by atoms with E-state index in [0.717, 1.165) is 0 Å².